The Morgan fingerprint density at radius 2 is 1.94 bits per heavy atom. The lowest BCUT2D eigenvalue weighted by molar-refractivity contribution is -0.137. The second kappa shape index (κ2) is 9.58. The molecule has 0 saturated heterocycles. The van der Waals surface area contributed by atoms with Gasteiger partial charge in [-0.05, 0) is 35.0 Å². The SMILES string of the molecule is O=C(O)Cn1c(=O)[nH]/c(=N\c2ccc(Oc3ccon3)c(F)c2)n(Cc2ccc(Cl)cc2)c1=O. The molecule has 0 spiro atoms. The number of carboxylic acid groups (broad SMARTS) is 1. The maximum atomic E-state index is 14.5. The van der Waals surface area contributed by atoms with Crippen LogP contribution < -0.4 is 21.7 Å². The normalized spacial score (nSPS) is 11.5. The van der Waals surface area contributed by atoms with Crippen molar-refractivity contribution in [3.63, 3.8) is 0 Å². The minimum absolute atomic E-state index is 0.0516. The molecule has 2 aromatic carbocycles. The number of hydrogen-bond acceptors (Lipinski definition) is 7. The predicted molar refractivity (Wildman–Crippen MR) is 116 cm³/mol. The van der Waals surface area contributed by atoms with Crippen LogP contribution in [0.4, 0.5) is 10.1 Å². The zero-order chi connectivity index (χ0) is 24.2. The fourth-order valence-electron chi connectivity index (χ4n) is 2.96. The second-order valence-corrected chi connectivity index (χ2v) is 7.33. The molecular formula is C21H15ClFN5O6. The van der Waals surface area contributed by atoms with Crippen LogP contribution in [0, 0.1) is 5.82 Å². The van der Waals surface area contributed by atoms with Crippen molar-refractivity contribution in [2.75, 3.05) is 0 Å². The Kier molecular flexibility index (Phi) is 6.41. The zero-order valence-electron chi connectivity index (χ0n) is 17.1. The maximum absolute atomic E-state index is 14.5. The van der Waals surface area contributed by atoms with Gasteiger partial charge >= 0.3 is 17.3 Å². The Morgan fingerprint density at radius 1 is 1.18 bits per heavy atom. The highest BCUT2D eigenvalue weighted by Gasteiger charge is 2.13. The van der Waals surface area contributed by atoms with E-state index in [0.717, 1.165) is 10.6 Å². The van der Waals surface area contributed by atoms with Gasteiger partial charge in [-0.3, -0.25) is 14.3 Å². The number of aliphatic carboxylic acids is 1. The highest BCUT2D eigenvalue weighted by atomic mass is 35.5. The molecule has 174 valence electrons. The van der Waals surface area contributed by atoms with Gasteiger partial charge < -0.3 is 14.4 Å². The molecule has 0 radical (unpaired) electrons. The van der Waals surface area contributed by atoms with E-state index < -0.39 is 29.7 Å². The molecule has 0 fully saturated rings. The number of ether oxygens (including phenoxy) is 1. The van der Waals surface area contributed by atoms with E-state index in [1.165, 1.54) is 24.5 Å². The first kappa shape index (κ1) is 22.7. The van der Waals surface area contributed by atoms with Crippen LogP contribution in [0.1, 0.15) is 5.56 Å². The van der Waals surface area contributed by atoms with Crippen molar-refractivity contribution in [2.45, 2.75) is 13.1 Å². The Hall–Kier alpha value is -4.45. The van der Waals surface area contributed by atoms with Crippen LogP contribution in [-0.2, 0) is 17.9 Å². The monoisotopic (exact) mass is 487 g/mol. The van der Waals surface area contributed by atoms with Gasteiger partial charge in [-0.1, -0.05) is 23.7 Å². The first-order valence-corrected chi connectivity index (χ1v) is 10.0. The molecule has 0 atom stereocenters. The van der Waals surface area contributed by atoms with Crippen molar-refractivity contribution in [3.8, 4) is 11.6 Å². The topological polar surface area (TPSA) is 145 Å². The molecule has 0 aliphatic carbocycles. The molecule has 2 N–H and O–H groups in total. The van der Waals surface area contributed by atoms with Gasteiger partial charge in [0.05, 0.1) is 12.2 Å². The lowest BCUT2D eigenvalue weighted by Gasteiger charge is -2.10. The van der Waals surface area contributed by atoms with Crippen LogP contribution in [0.15, 0.2) is 73.9 Å². The molecule has 4 rings (SSSR count). The summed E-state index contributed by atoms with van der Waals surface area (Å²) in [6, 6.07) is 11.6. The minimum Gasteiger partial charge on any atom is -0.480 e. The van der Waals surface area contributed by atoms with E-state index in [1.54, 1.807) is 24.3 Å². The molecule has 0 aliphatic heterocycles. The molecule has 2 heterocycles. The number of hydrogen-bond donors (Lipinski definition) is 2. The van der Waals surface area contributed by atoms with Crippen LogP contribution in [-0.4, -0.2) is 30.4 Å². The van der Waals surface area contributed by atoms with Crippen molar-refractivity contribution >= 4 is 23.3 Å². The fraction of sp³-hybridized carbons (Fsp3) is 0.0952. The van der Waals surface area contributed by atoms with E-state index in [4.69, 9.17) is 21.4 Å². The van der Waals surface area contributed by atoms with E-state index in [-0.39, 0.29) is 29.5 Å². The molecule has 4 aromatic rings. The van der Waals surface area contributed by atoms with Crippen LogP contribution in [0.3, 0.4) is 0 Å². The Morgan fingerprint density at radius 3 is 2.59 bits per heavy atom. The van der Waals surface area contributed by atoms with Crippen molar-refractivity contribution in [3.05, 3.63) is 97.8 Å². The molecule has 34 heavy (non-hydrogen) atoms. The highest BCUT2D eigenvalue weighted by molar-refractivity contribution is 6.30. The Balaban J connectivity index is 1.80. The third-order valence-corrected chi connectivity index (χ3v) is 4.76. The molecule has 0 bridgehead atoms. The summed E-state index contributed by atoms with van der Waals surface area (Å²) in [6.45, 7) is -0.918. The van der Waals surface area contributed by atoms with E-state index in [1.807, 2.05) is 0 Å². The average Bonchev–Trinajstić information content (AvgIpc) is 3.30. The molecule has 0 aliphatic rings. The molecule has 0 saturated carbocycles. The smallest absolute Gasteiger partial charge is 0.335 e. The number of carboxylic acids is 1. The third-order valence-electron chi connectivity index (χ3n) is 4.51. The standard InChI is InChI=1S/C21H15ClFN5O6/c22-13-3-1-12(2-4-13)10-27-19(25-20(31)28(21(27)32)11-18(29)30)24-14-5-6-16(15(23)9-14)34-17-7-8-33-26-17/h1-9H,10-11H2,(H,29,30)(H,24,25,31). The summed E-state index contributed by atoms with van der Waals surface area (Å²) in [4.78, 5) is 43.0. The van der Waals surface area contributed by atoms with Gasteiger partial charge in [0.2, 0.25) is 5.62 Å². The molecule has 0 amide bonds. The van der Waals surface area contributed by atoms with Crippen LogP contribution >= 0.6 is 11.6 Å². The van der Waals surface area contributed by atoms with E-state index in [9.17, 15) is 18.8 Å². The first-order chi connectivity index (χ1) is 16.3. The lowest BCUT2D eigenvalue weighted by Crippen LogP contribution is -2.50. The van der Waals surface area contributed by atoms with Gasteiger partial charge in [0.1, 0.15) is 12.8 Å². The largest absolute Gasteiger partial charge is 0.480 e. The summed E-state index contributed by atoms with van der Waals surface area (Å²) >= 11 is 5.90. The van der Waals surface area contributed by atoms with Gasteiger partial charge in [0.25, 0.3) is 5.88 Å². The molecule has 13 heteroatoms. The zero-order valence-corrected chi connectivity index (χ0v) is 17.9. The number of carbonyl (C=O) groups is 1. The summed E-state index contributed by atoms with van der Waals surface area (Å²) in [5, 5.41) is 13.1. The van der Waals surface area contributed by atoms with E-state index in [0.29, 0.717) is 15.2 Å². The number of H-pyrrole nitrogens is 1. The molecule has 11 nitrogen and oxygen atoms in total. The first-order valence-electron chi connectivity index (χ1n) is 9.63. The molecule has 2 aromatic heterocycles. The number of nitrogens with one attached hydrogen (secondary N) is 1. The third kappa shape index (κ3) is 5.13. The van der Waals surface area contributed by atoms with Crippen molar-refractivity contribution in [1.29, 1.82) is 0 Å². The van der Waals surface area contributed by atoms with Gasteiger partial charge in [-0.25, -0.2) is 23.5 Å². The minimum atomic E-state index is -1.37. The number of benzene rings is 2. The van der Waals surface area contributed by atoms with Crippen LogP contribution in [0.5, 0.6) is 11.6 Å². The lowest BCUT2D eigenvalue weighted by atomic mass is 10.2. The number of rotatable bonds is 7. The maximum Gasteiger partial charge on any atom is 0.335 e. The highest BCUT2D eigenvalue weighted by Crippen LogP contribution is 2.26. The molecule has 0 unspecified atom stereocenters. The summed E-state index contributed by atoms with van der Waals surface area (Å²) < 4.78 is 26.0. The summed E-state index contributed by atoms with van der Waals surface area (Å²) in [7, 11) is 0. The Bertz CT molecular complexity index is 1520. The predicted octanol–water partition coefficient (Wildman–Crippen LogP) is 2.28. The van der Waals surface area contributed by atoms with Gasteiger partial charge in [-0.2, -0.15) is 0 Å². The number of aromatic amines is 1. The van der Waals surface area contributed by atoms with E-state index >= 15 is 0 Å². The van der Waals surface area contributed by atoms with Crippen LogP contribution in [0.2, 0.25) is 5.02 Å². The quantitative estimate of drug-likeness (QED) is 0.406. The molecular weight excluding hydrogens is 473 g/mol. The summed E-state index contributed by atoms with van der Waals surface area (Å²) in [5.74, 6) is -2.25. The van der Waals surface area contributed by atoms with E-state index in [2.05, 4.69) is 19.7 Å². The van der Waals surface area contributed by atoms with Crippen LogP contribution in [0.25, 0.3) is 0 Å². The average molecular weight is 488 g/mol. The van der Waals surface area contributed by atoms with Gasteiger partial charge in [-0.15, -0.1) is 0 Å². The van der Waals surface area contributed by atoms with Gasteiger partial charge in [0.15, 0.2) is 11.6 Å². The fourth-order valence-corrected chi connectivity index (χ4v) is 3.09. The Labute approximate surface area is 193 Å². The second-order valence-electron chi connectivity index (χ2n) is 6.90. The number of aromatic nitrogens is 4. The van der Waals surface area contributed by atoms with Crippen molar-refractivity contribution in [1.82, 2.24) is 19.3 Å². The summed E-state index contributed by atoms with van der Waals surface area (Å²) in [5.41, 5.74) is -1.42. The summed E-state index contributed by atoms with van der Waals surface area (Å²) in [6.07, 6.45) is 1.26. The number of halogens is 2. The van der Waals surface area contributed by atoms with Gasteiger partial charge in [0, 0.05) is 17.2 Å². The number of nitrogens with zero attached hydrogens (tertiary/aromatic N) is 4. The van der Waals surface area contributed by atoms with Crippen molar-refractivity contribution < 1.29 is 23.6 Å². The van der Waals surface area contributed by atoms with Crippen molar-refractivity contribution in [2.24, 2.45) is 4.99 Å².